The first-order valence-electron chi connectivity index (χ1n) is 4.62. The molecular weight excluding hydrogens is 219 g/mol. The maximum Gasteiger partial charge on any atom is 0.338 e. The van der Waals surface area contributed by atoms with E-state index < -0.39 is 11.8 Å². The van der Waals surface area contributed by atoms with Crippen molar-refractivity contribution >= 4 is 17.6 Å². The lowest BCUT2D eigenvalue weighted by molar-refractivity contribution is 0.0525. The van der Waals surface area contributed by atoms with E-state index in [0.29, 0.717) is 23.3 Å². The summed E-state index contributed by atoms with van der Waals surface area (Å²) in [6, 6.07) is 2.74. The van der Waals surface area contributed by atoms with Gasteiger partial charge in [0.25, 0.3) is 0 Å². The molecule has 0 heterocycles. The maximum atomic E-state index is 13.2. The van der Waals surface area contributed by atoms with E-state index in [1.165, 1.54) is 12.1 Å². The molecule has 82 valence electrons. The summed E-state index contributed by atoms with van der Waals surface area (Å²) in [4.78, 5) is 11.5. The fraction of sp³-hybridized carbons (Fsp3) is 0.364. The van der Waals surface area contributed by atoms with E-state index >= 15 is 0 Å². The van der Waals surface area contributed by atoms with Crippen molar-refractivity contribution in [1.29, 1.82) is 0 Å². The van der Waals surface area contributed by atoms with E-state index in [9.17, 15) is 9.18 Å². The van der Waals surface area contributed by atoms with Crippen molar-refractivity contribution in [2.24, 2.45) is 0 Å². The number of carbonyl (C=O) groups is 1. The van der Waals surface area contributed by atoms with E-state index in [-0.39, 0.29) is 5.88 Å². The minimum atomic E-state index is -0.443. The van der Waals surface area contributed by atoms with Crippen molar-refractivity contribution in [3.8, 4) is 0 Å². The number of halogens is 2. The first-order chi connectivity index (χ1) is 7.10. The van der Waals surface area contributed by atoms with Gasteiger partial charge >= 0.3 is 5.97 Å². The van der Waals surface area contributed by atoms with Crippen molar-refractivity contribution < 1.29 is 13.9 Å². The first kappa shape index (κ1) is 12.0. The fourth-order valence-corrected chi connectivity index (χ4v) is 1.45. The molecule has 0 atom stereocenters. The molecule has 0 aliphatic heterocycles. The molecule has 0 bridgehead atoms. The predicted molar refractivity (Wildman–Crippen MR) is 56.7 cm³/mol. The minimum absolute atomic E-state index is 0.0402. The van der Waals surface area contributed by atoms with Crippen molar-refractivity contribution in [3.05, 3.63) is 34.6 Å². The molecule has 0 unspecified atom stereocenters. The van der Waals surface area contributed by atoms with Gasteiger partial charge in [-0.3, -0.25) is 0 Å². The van der Waals surface area contributed by atoms with Gasteiger partial charge in [-0.1, -0.05) is 0 Å². The molecule has 0 N–H and O–H groups in total. The van der Waals surface area contributed by atoms with Crippen LogP contribution in [0.25, 0.3) is 0 Å². The van der Waals surface area contributed by atoms with Crippen LogP contribution in [0.5, 0.6) is 0 Å². The maximum absolute atomic E-state index is 13.2. The Morgan fingerprint density at radius 3 is 2.73 bits per heavy atom. The summed E-state index contributed by atoms with van der Waals surface area (Å²) in [6.45, 7) is 3.68. The molecule has 1 rings (SSSR count). The van der Waals surface area contributed by atoms with Gasteiger partial charge in [0.2, 0.25) is 0 Å². The summed E-state index contributed by atoms with van der Waals surface area (Å²) in [6.07, 6.45) is 0. The number of ether oxygens (including phenoxy) is 1. The van der Waals surface area contributed by atoms with Crippen molar-refractivity contribution in [2.75, 3.05) is 6.61 Å². The molecule has 1 aromatic carbocycles. The van der Waals surface area contributed by atoms with E-state index in [1.807, 2.05) is 0 Å². The topological polar surface area (TPSA) is 26.3 Å². The van der Waals surface area contributed by atoms with Gasteiger partial charge in [0.05, 0.1) is 18.1 Å². The highest BCUT2D eigenvalue weighted by Gasteiger charge is 2.13. The van der Waals surface area contributed by atoms with Gasteiger partial charge in [-0.2, -0.15) is 0 Å². The van der Waals surface area contributed by atoms with Gasteiger partial charge in [-0.05, 0) is 31.5 Å². The summed E-state index contributed by atoms with van der Waals surface area (Å²) in [5.74, 6) is -0.796. The SMILES string of the molecule is CCOC(=O)c1cc(CCl)c(F)cc1C. The molecule has 4 heteroatoms. The summed E-state index contributed by atoms with van der Waals surface area (Å²) < 4.78 is 18.1. The second kappa shape index (κ2) is 5.12. The Morgan fingerprint density at radius 1 is 1.53 bits per heavy atom. The van der Waals surface area contributed by atoms with E-state index in [4.69, 9.17) is 16.3 Å². The van der Waals surface area contributed by atoms with Gasteiger partial charge in [-0.25, -0.2) is 9.18 Å². The number of hydrogen-bond acceptors (Lipinski definition) is 2. The van der Waals surface area contributed by atoms with Crippen LogP contribution in [0.1, 0.15) is 28.4 Å². The second-order valence-corrected chi connectivity index (χ2v) is 3.38. The van der Waals surface area contributed by atoms with Gasteiger partial charge < -0.3 is 4.74 Å². The van der Waals surface area contributed by atoms with Gasteiger partial charge in [0.1, 0.15) is 5.82 Å². The predicted octanol–water partition coefficient (Wildman–Crippen LogP) is 3.05. The zero-order chi connectivity index (χ0) is 11.4. The Balaban J connectivity index is 3.12. The number of rotatable bonds is 3. The van der Waals surface area contributed by atoms with Crippen molar-refractivity contribution in [3.63, 3.8) is 0 Å². The number of esters is 1. The zero-order valence-electron chi connectivity index (χ0n) is 8.64. The van der Waals surface area contributed by atoms with E-state index in [2.05, 4.69) is 0 Å². The van der Waals surface area contributed by atoms with E-state index in [0.717, 1.165) is 0 Å². The monoisotopic (exact) mass is 230 g/mol. The quantitative estimate of drug-likeness (QED) is 0.589. The molecule has 0 saturated carbocycles. The van der Waals surface area contributed by atoms with E-state index in [1.54, 1.807) is 13.8 Å². The van der Waals surface area contributed by atoms with Crippen LogP contribution in [-0.2, 0) is 10.6 Å². The van der Waals surface area contributed by atoms with Gasteiger partial charge in [0.15, 0.2) is 0 Å². The average molecular weight is 231 g/mol. The van der Waals surface area contributed by atoms with Crippen LogP contribution < -0.4 is 0 Å². The molecule has 0 spiro atoms. The number of hydrogen-bond donors (Lipinski definition) is 0. The normalized spacial score (nSPS) is 10.1. The van der Waals surface area contributed by atoms with Crippen LogP contribution in [0.3, 0.4) is 0 Å². The standard InChI is InChI=1S/C11H12ClFO2/c1-3-15-11(14)9-5-8(6-12)10(13)4-7(9)2/h4-5H,3,6H2,1-2H3. The first-order valence-corrected chi connectivity index (χ1v) is 5.15. The Morgan fingerprint density at radius 2 is 2.20 bits per heavy atom. The molecule has 0 radical (unpaired) electrons. The van der Waals surface area contributed by atoms with Crippen LogP contribution in [-0.4, -0.2) is 12.6 Å². The fourth-order valence-electron chi connectivity index (χ4n) is 1.25. The summed E-state index contributed by atoms with van der Waals surface area (Å²) in [5.41, 5.74) is 1.24. The second-order valence-electron chi connectivity index (χ2n) is 3.11. The minimum Gasteiger partial charge on any atom is -0.462 e. The molecule has 2 nitrogen and oxygen atoms in total. The third kappa shape index (κ3) is 2.69. The lowest BCUT2D eigenvalue weighted by Crippen LogP contribution is -2.08. The number of aryl methyl sites for hydroxylation is 1. The number of alkyl halides is 1. The van der Waals surface area contributed by atoms with Gasteiger partial charge in [-0.15, -0.1) is 11.6 Å². The molecule has 0 aliphatic carbocycles. The Hall–Kier alpha value is -1.09. The number of carbonyl (C=O) groups excluding carboxylic acids is 1. The molecule has 0 fully saturated rings. The molecule has 15 heavy (non-hydrogen) atoms. The summed E-state index contributed by atoms with van der Waals surface area (Å²) >= 11 is 5.55. The van der Waals surface area contributed by atoms with Crippen molar-refractivity contribution in [2.45, 2.75) is 19.7 Å². The smallest absolute Gasteiger partial charge is 0.338 e. The highest BCUT2D eigenvalue weighted by atomic mass is 35.5. The lowest BCUT2D eigenvalue weighted by atomic mass is 10.1. The van der Waals surface area contributed by atoms with Gasteiger partial charge in [0, 0.05) is 5.56 Å². The molecule has 1 aromatic rings. The highest BCUT2D eigenvalue weighted by molar-refractivity contribution is 6.17. The Kier molecular flexibility index (Phi) is 4.09. The van der Waals surface area contributed by atoms with Crippen LogP contribution in [0.15, 0.2) is 12.1 Å². The largest absolute Gasteiger partial charge is 0.462 e. The zero-order valence-corrected chi connectivity index (χ0v) is 9.40. The third-order valence-corrected chi connectivity index (χ3v) is 2.32. The Bertz CT molecular complexity index is 377. The van der Waals surface area contributed by atoms with Crippen LogP contribution in [0.2, 0.25) is 0 Å². The number of benzene rings is 1. The van der Waals surface area contributed by atoms with Crippen LogP contribution >= 0.6 is 11.6 Å². The third-order valence-electron chi connectivity index (χ3n) is 2.03. The lowest BCUT2D eigenvalue weighted by Gasteiger charge is -2.07. The Labute approximate surface area is 93.0 Å². The average Bonchev–Trinajstić information content (AvgIpc) is 2.18. The molecule has 0 saturated heterocycles. The van der Waals surface area contributed by atoms with Crippen molar-refractivity contribution in [1.82, 2.24) is 0 Å². The molecule has 0 amide bonds. The summed E-state index contributed by atoms with van der Waals surface area (Å²) in [7, 11) is 0. The molecular formula is C11H12ClFO2. The van der Waals surface area contributed by atoms with Crippen LogP contribution in [0.4, 0.5) is 4.39 Å². The molecule has 0 aliphatic rings. The molecule has 0 aromatic heterocycles. The van der Waals surface area contributed by atoms with Crippen LogP contribution in [0, 0.1) is 12.7 Å². The summed E-state index contributed by atoms with van der Waals surface area (Å²) in [5, 5.41) is 0. The highest BCUT2D eigenvalue weighted by Crippen LogP contribution is 2.18.